The average Bonchev–Trinajstić information content (AvgIpc) is 2.81. The molecule has 0 saturated carbocycles. The summed E-state index contributed by atoms with van der Waals surface area (Å²) in [6.07, 6.45) is 3.44. The van der Waals surface area contributed by atoms with Crippen molar-refractivity contribution in [1.82, 2.24) is 0 Å². The van der Waals surface area contributed by atoms with Crippen molar-refractivity contribution < 1.29 is 9.53 Å². The molecule has 1 atom stereocenters. The van der Waals surface area contributed by atoms with Gasteiger partial charge in [0.05, 0.1) is 5.92 Å². The van der Waals surface area contributed by atoms with Crippen LogP contribution in [0.1, 0.15) is 34.6 Å². The normalized spacial score (nSPS) is 11.4. The van der Waals surface area contributed by atoms with Gasteiger partial charge in [0, 0.05) is 17.5 Å². The average molecular weight is 414 g/mol. The third-order valence-electron chi connectivity index (χ3n) is 5.01. The van der Waals surface area contributed by atoms with Crippen LogP contribution in [0.3, 0.4) is 0 Å². The van der Waals surface area contributed by atoms with Crippen LogP contribution in [0, 0.1) is 5.41 Å². The molecule has 5 heteroatoms. The molecule has 3 aromatic carbocycles. The second kappa shape index (κ2) is 10.9. The summed E-state index contributed by atoms with van der Waals surface area (Å²) in [7, 11) is 0. The highest BCUT2D eigenvalue weighted by atomic mass is 16.5. The van der Waals surface area contributed by atoms with Crippen molar-refractivity contribution in [3.05, 3.63) is 102 Å². The van der Waals surface area contributed by atoms with Crippen molar-refractivity contribution in [3.8, 4) is 5.75 Å². The summed E-state index contributed by atoms with van der Waals surface area (Å²) >= 11 is 0. The van der Waals surface area contributed by atoms with E-state index < -0.39 is 5.92 Å². The van der Waals surface area contributed by atoms with Crippen LogP contribution in [0.2, 0.25) is 0 Å². The van der Waals surface area contributed by atoms with Crippen molar-refractivity contribution in [1.29, 1.82) is 5.41 Å². The standard InChI is InChI=1S/C26H27N3O2/c1-2-20-11-12-23(15-22(20)17-28)29-26(30)25(13-14-27)21-9-6-10-24(16-21)31-18-19-7-4-3-5-8-19/h2-12,15-17,25,28H,1,13-14,18,27H2,(H,29,30). The van der Waals surface area contributed by atoms with Crippen LogP contribution in [0.15, 0.2) is 79.4 Å². The first-order valence-corrected chi connectivity index (χ1v) is 10.2. The van der Waals surface area contributed by atoms with Crippen LogP contribution in [-0.2, 0) is 11.4 Å². The fourth-order valence-corrected chi connectivity index (χ4v) is 3.37. The number of hydrogen-bond donors (Lipinski definition) is 3. The Morgan fingerprint density at radius 1 is 1.06 bits per heavy atom. The van der Waals surface area contributed by atoms with E-state index in [2.05, 4.69) is 11.9 Å². The van der Waals surface area contributed by atoms with Gasteiger partial charge in [-0.3, -0.25) is 4.79 Å². The molecule has 0 spiro atoms. The third-order valence-corrected chi connectivity index (χ3v) is 5.01. The molecule has 4 N–H and O–H groups in total. The van der Waals surface area contributed by atoms with Gasteiger partial charge in [-0.05, 0) is 53.9 Å². The van der Waals surface area contributed by atoms with Gasteiger partial charge in [-0.25, -0.2) is 0 Å². The Kier molecular flexibility index (Phi) is 7.73. The van der Waals surface area contributed by atoms with Crippen molar-refractivity contribution in [3.63, 3.8) is 0 Å². The van der Waals surface area contributed by atoms with Gasteiger partial charge >= 0.3 is 0 Å². The highest BCUT2D eigenvalue weighted by Gasteiger charge is 2.21. The number of ether oxygens (including phenoxy) is 1. The zero-order valence-electron chi connectivity index (χ0n) is 17.4. The lowest BCUT2D eigenvalue weighted by atomic mass is 9.94. The topological polar surface area (TPSA) is 88.2 Å². The zero-order chi connectivity index (χ0) is 22.1. The number of nitrogens with two attached hydrogens (primary N) is 1. The van der Waals surface area contributed by atoms with E-state index in [1.807, 2.05) is 60.7 Å². The van der Waals surface area contributed by atoms with Crippen LogP contribution >= 0.6 is 0 Å². The highest BCUT2D eigenvalue weighted by molar-refractivity contribution is 5.97. The number of benzene rings is 3. The predicted molar refractivity (Wildman–Crippen MR) is 127 cm³/mol. The van der Waals surface area contributed by atoms with Gasteiger partial charge < -0.3 is 21.2 Å². The van der Waals surface area contributed by atoms with Crippen LogP contribution in [0.25, 0.3) is 6.08 Å². The Morgan fingerprint density at radius 3 is 2.58 bits per heavy atom. The van der Waals surface area contributed by atoms with E-state index in [0.29, 0.717) is 36.6 Å². The van der Waals surface area contributed by atoms with E-state index in [0.717, 1.165) is 16.7 Å². The summed E-state index contributed by atoms with van der Waals surface area (Å²) in [5, 5.41) is 10.5. The molecule has 1 amide bonds. The van der Waals surface area contributed by atoms with Crippen LogP contribution in [0.5, 0.6) is 5.75 Å². The summed E-state index contributed by atoms with van der Waals surface area (Å²) in [5.41, 5.74) is 9.90. The summed E-state index contributed by atoms with van der Waals surface area (Å²) < 4.78 is 5.92. The fraction of sp³-hybridized carbons (Fsp3) is 0.154. The van der Waals surface area contributed by atoms with Crippen molar-refractivity contribution >= 4 is 23.9 Å². The first-order chi connectivity index (χ1) is 15.1. The zero-order valence-corrected chi connectivity index (χ0v) is 17.4. The lowest BCUT2D eigenvalue weighted by molar-refractivity contribution is -0.117. The summed E-state index contributed by atoms with van der Waals surface area (Å²) in [4.78, 5) is 13.1. The van der Waals surface area contributed by atoms with Gasteiger partial charge in [0.1, 0.15) is 12.4 Å². The summed E-state index contributed by atoms with van der Waals surface area (Å²) in [6, 6.07) is 22.9. The largest absolute Gasteiger partial charge is 0.489 e. The molecule has 0 bridgehead atoms. The van der Waals surface area contributed by atoms with E-state index in [1.54, 1.807) is 18.2 Å². The molecule has 0 aliphatic carbocycles. The quantitative estimate of drug-likeness (QED) is 0.410. The van der Waals surface area contributed by atoms with Crippen LogP contribution < -0.4 is 15.8 Å². The molecule has 31 heavy (non-hydrogen) atoms. The van der Waals surface area contributed by atoms with E-state index >= 15 is 0 Å². The third kappa shape index (κ3) is 5.90. The monoisotopic (exact) mass is 413 g/mol. The SMILES string of the molecule is C=Cc1ccc(NC(=O)C(CCN)c2cccc(OCc3ccccc3)c2)cc1C=N. The van der Waals surface area contributed by atoms with Crippen LogP contribution in [-0.4, -0.2) is 18.7 Å². The number of carbonyl (C=O) groups excluding carboxylic acids is 1. The van der Waals surface area contributed by atoms with Gasteiger partial charge in [0.15, 0.2) is 0 Å². The minimum atomic E-state index is -0.409. The molecule has 5 nitrogen and oxygen atoms in total. The van der Waals surface area contributed by atoms with Crippen LogP contribution in [0.4, 0.5) is 5.69 Å². The minimum Gasteiger partial charge on any atom is -0.489 e. The molecular formula is C26H27N3O2. The van der Waals surface area contributed by atoms with Gasteiger partial charge in [0.25, 0.3) is 0 Å². The first kappa shape index (κ1) is 22.0. The second-order valence-electron chi connectivity index (χ2n) is 7.16. The Morgan fingerprint density at radius 2 is 1.87 bits per heavy atom. The Balaban J connectivity index is 1.75. The lowest BCUT2D eigenvalue weighted by Crippen LogP contribution is -2.23. The number of amides is 1. The van der Waals surface area contributed by atoms with E-state index in [-0.39, 0.29) is 5.91 Å². The summed E-state index contributed by atoms with van der Waals surface area (Å²) in [6.45, 7) is 4.59. The molecule has 158 valence electrons. The highest BCUT2D eigenvalue weighted by Crippen LogP contribution is 2.26. The van der Waals surface area contributed by atoms with E-state index in [1.165, 1.54) is 6.21 Å². The smallest absolute Gasteiger partial charge is 0.231 e. The second-order valence-corrected chi connectivity index (χ2v) is 7.16. The number of anilines is 1. The minimum absolute atomic E-state index is 0.145. The Bertz CT molecular complexity index is 1050. The Labute approximate surface area is 183 Å². The molecule has 0 fully saturated rings. The van der Waals surface area contributed by atoms with E-state index in [4.69, 9.17) is 15.9 Å². The number of nitrogens with one attached hydrogen (secondary N) is 2. The molecule has 0 aromatic heterocycles. The van der Waals surface area contributed by atoms with Gasteiger partial charge in [-0.15, -0.1) is 0 Å². The number of rotatable bonds is 10. The molecule has 3 aromatic rings. The molecular weight excluding hydrogens is 386 g/mol. The van der Waals surface area contributed by atoms with Gasteiger partial charge in [-0.1, -0.05) is 61.2 Å². The Hall–Kier alpha value is -3.70. The maximum atomic E-state index is 13.1. The van der Waals surface area contributed by atoms with E-state index in [9.17, 15) is 4.79 Å². The maximum Gasteiger partial charge on any atom is 0.231 e. The number of carbonyl (C=O) groups is 1. The first-order valence-electron chi connectivity index (χ1n) is 10.2. The summed E-state index contributed by atoms with van der Waals surface area (Å²) in [5.74, 6) is 0.151. The van der Waals surface area contributed by atoms with Crippen molar-refractivity contribution in [2.75, 3.05) is 11.9 Å². The van der Waals surface area contributed by atoms with Crippen molar-refractivity contribution in [2.45, 2.75) is 18.9 Å². The fourth-order valence-electron chi connectivity index (χ4n) is 3.37. The molecule has 0 heterocycles. The van der Waals surface area contributed by atoms with Gasteiger partial charge in [0.2, 0.25) is 5.91 Å². The molecule has 1 unspecified atom stereocenters. The molecule has 0 aliphatic heterocycles. The predicted octanol–water partition coefficient (Wildman–Crippen LogP) is 4.98. The molecule has 0 aliphatic rings. The maximum absolute atomic E-state index is 13.1. The molecule has 0 radical (unpaired) electrons. The number of hydrogen-bond acceptors (Lipinski definition) is 4. The van der Waals surface area contributed by atoms with Gasteiger partial charge in [-0.2, -0.15) is 0 Å². The van der Waals surface area contributed by atoms with Crippen molar-refractivity contribution in [2.24, 2.45) is 5.73 Å². The lowest BCUT2D eigenvalue weighted by Gasteiger charge is -2.18. The molecule has 0 saturated heterocycles. The molecule has 3 rings (SSSR count).